The van der Waals surface area contributed by atoms with Gasteiger partial charge in [-0.25, -0.2) is 4.79 Å². The molecule has 1 aliphatic heterocycles. The largest absolute Gasteiger partial charge is 0.339 e. The first-order valence-electron chi connectivity index (χ1n) is 11.9. The van der Waals surface area contributed by atoms with Gasteiger partial charge in [0.05, 0.1) is 19.1 Å². The molecule has 1 saturated heterocycles. The van der Waals surface area contributed by atoms with Crippen molar-refractivity contribution in [1.82, 2.24) is 9.88 Å². The number of amides is 1. The fraction of sp³-hybridized carbons (Fsp3) is 0.241. The summed E-state index contributed by atoms with van der Waals surface area (Å²) in [4.78, 5) is 20.1. The highest BCUT2D eigenvalue weighted by Gasteiger charge is 2.40. The number of quaternary nitrogens is 1. The smallest absolute Gasteiger partial charge is 0.327 e. The highest BCUT2D eigenvalue weighted by atomic mass is 16.2. The average Bonchev–Trinajstić information content (AvgIpc) is 2.90. The van der Waals surface area contributed by atoms with Crippen molar-refractivity contribution in [3.63, 3.8) is 0 Å². The molecule has 0 unspecified atom stereocenters. The minimum absolute atomic E-state index is 0.126. The maximum absolute atomic E-state index is 13.5. The summed E-state index contributed by atoms with van der Waals surface area (Å²) >= 11 is 0. The van der Waals surface area contributed by atoms with Crippen molar-refractivity contribution in [2.24, 2.45) is 5.73 Å². The van der Waals surface area contributed by atoms with Gasteiger partial charge < -0.3 is 5.73 Å². The zero-order valence-corrected chi connectivity index (χ0v) is 19.5. The van der Waals surface area contributed by atoms with Gasteiger partial charge in [-0.05, 0) is 34.9 Å². The fourth-order valence-electron chi connectivity index (χ4n) is 4.67. The van der Waals surface area contributed by atoms with Crippen LogP contribution >= 0.6 is 0 Å². The average molecular weight is 454 g/mol. The first-order valence-corrected chi connectivity index (χ1v) is 11.9. The standard InChI is InChI=1S/C29H33N4O/c30-17-7-8-21-33(28(34)16-15-25-10-9-18-31-24-25)22-19-32(20-23-33)29(26-11-3-1-4-12-26)27-13-5-2-6-14-27/h1-16,18,24,29H,17,19-23,30H2/q+1/b8-7+,16-15+. The van der Waals surface area contributed by atoms with Crippen LogP contribution in [0, 0.1) is 0 Å². The lowest BCUT2D eigenvalue weighted by molar-refractivity contribution is -0.851. The second-order valence-corrected chi connectivity index (χ2v) is 8.70. The van der Waals surface area contributed by atoms with Crippen LogP contribution in [0.25, 0.3) is 6.08 Å². The van der Waals surface area contributed by atoms with Crippen molar-refractivity contribution in [3.05, 3.63) is 120 Å². The summed E-state index contributed by atoms with van der Waals surface area (Å²) in [6, 6.07) is 25.3. The third kappa shape index (κ3) is 5.75. The Morgan fingerprint density at radius 1 is 0.941 bits per heavy atom. The van der Waals surface area contributed by atoms with E-state index in [2.05, 4.69) is 76.6 Å². The minimum atomic E-state index is 0.126. The number of benzene rings is 2. The van der Waals surface area contributed by atoms with Crippen LogP contribution in [0.3, 0.4) is 0 Å². The lowest BCUT2D eigenvalue weighted by atomic mass is 9.96. The zero-order valence-electron chi connectivity index (χ0n) is 19.5. The number of pyridine rings is 1. The molecule has 1 aromatic heterocycles. The summed E-state index contributed by atoms with van der Waals surface area (Å²) in [5, 5.41) is 0. The molecule has 1 fully saturated rings. The molecule has 5 heteroatoms. The van der Waals surface area contributed by atoms with Crippen LogP contribution in [0.5, 0.6) is 0 Å². The van der Waals surface area contributed by atoms with Crippen LogP contribution in [0.4, 0.5) is 0 Å². The molecule has 0 radical (unpaired) electrons. The highest BCUT2D eigenvalue weighted by molar-refractivity contribution is 5.86. The number of carbonyl (C=O) groups excluding carboxylic acids is 1. The predicted molar refractivity (Wildman–Crippen MR) is 138 cm³/mol. The predicted octanol–water partition coefficient (Wildman–Crippen LogP) is 4.06. The Labute approximate surface area is 202 Å². The van der Waals surface area contributed by atoms with Gasteiger partial charge >= 0.3 is 5.91 Å². The third-order valence-electron chi connectivity index (χ3n) is 6.55. The van der Waals surface area contributed by atoms with Crippen molar-refractivity contribution < 1.29 is 9.28 Å². The minimum Gasteiger partial charge on any atom is -0.327 e. The van der Waals surface area contributed by atoms with Gasteiger partial charge in [0.2, 0.25) is 0 Å². The van der Waals surface area contributed by atoms with Crippen LogP contribution < -0.4 is 5.73 Å². The molecule has 3 aromatic rings. The molecule has 5 nitrogen and oxygen atoms in total. The van der Waals surface area contributed by atoms with Gasteiger partial charge in [-0.15, -0.1) is 0 Å². The molecule has 2 aromatic carbocycles. The van der Waals surface area contributed by atoms with Crippen LogP contribution in [-0.4, -0.2) is 59.5 Å². The van der Waals surface area contributed by atoms with E-state index in [9.17, 15) is 4.79 Å². The van der Waals surface area contributed by atoms with E-state index < -0.39 is 0 Å². The summed E-state index contributed by atoms with van der Waals surface area (Å²) in [6.07, 6.45) is 11.1. The molecular formula is C29H33N4O+. The molecule has 0 bridgehead atoms. The van der Waals surface area contributed by atoms with Gasteiger partial charge in [-0.1, -0.05) is 72.8 Å². The fourth-order valence-corrected chi connectivity index (χ4v) is 4.67. The van der Waals surface area contributed by atoms with Crippen LogP contribution in [0.2, 0.25) is 0 Å². The van der Waals surface area contributed by atoms with Gasteiger partial charge in [0.15, 0.2) is 0 Å². The zero-order chi connectivity index (χ0) is 23.6. The molecule has 1 amide bonds. The molecule has 34 heavy (non-hydrogen) atoms. The Kier molecular flexibility index (Phi) is 8.15. The van der Waals surface area contributed by atoms with E-state index in [1.807, 2.05) is 24.3 Å². The number of nitrogens with zero attached hydrogens (tertiary/aromatic N) is 3. The van der Waals surface area contributed by atoms with Gasteiger partial charge in [0.1, 0.15) is 6.54 Å². The maximum Gasteiger partial charge on any atom is 0.339 e. The third-order valence-corrected chi connectivity index (χ3v) is 6.55. The van der Waals surface area contributed by atoms with Crippen LogP contribution in [-0.2, 0) is 4.79 Å². The van der Waals surface area contributed by atoms with Crippen molar-refractivity contribution >= 4 is 12.0 Å². The summed E-state index contributed by atoms with van der Waals surface area (Å²) in [5.74, 6) is 0.126. The van der Waals surface area contributed by atoms with Crippen molar-refractivity contribution in [1.29, 1.82) is 0 Å². The second kappa shape index (κ2) is 11.7. The number of piperazine rings is 1. The molecule has 4 rings (SSSR count). The van der Waals surface area contributed by atoms with Crippen molar-refractivity contribution in [2.75, 3.05) is 39.3 Å². The second-order valence-electron chi connectivity index (χ2n) is 8.70. The van der Waals surface area contributed by atoms with E-state index in [1.165, 1.54) is 11.1 Å². The van der Waals surface area contributed by atoms with Gasteiger partial charge in [0.25, 0.3) is 0 Å². The molecule has 1 aliphatic rings. The molecule has 0 atom stereocenters. The van der Waals surface area contributed by atoms with Gasteiger partial charge in [-0.3, -0.25) is 14.4 Å². The number of hydrogen-bond donors (Lipinski definition) is 1. The Balaban J connectivity index is 1.56. The lowest BCUT2D eigenvalue weighted by Gasteiger charge is -2.44. The summed E-state index contributed by atoms with van der Waals surface area (Å²) in [5.41, 5.74) is 9.16. The Bertz CT molecular complexity index is 1050. The molecule has 174 valence electrons. The SMILES string of the molecule is NC/C=C/C[N+]1(C(=O)/C=C/c2cccnc2)CCN(C(c2ccccc2)c2ccccc2)CC1. The topological polar surface area (TPSA) is 59.2 Å². The van der Waals surface area contributed by atoms with Crippen molar-refractivity contribution in [2.45, 2.75) is 6.04 Å². The summed E-state index contributed by atoms with van der Waals surface area (Å²) < 4.78 is 0.403. The van der Waals surface area contributed by atoms with Crippen LogP contribution in [0.15, 0.2) is 103 Å². The Morgan fingerprint density at radius 3 is 2.15 bits per heavy atom. The normalized spacial score (nSPS) is 16.4. The Hall–Kier alpha value is -3.38. The number of aromatic nitrogens is 1. The number of rotatable bonds is 8. The first kappa shape index (κ1) is 23.8. The molecule has 0 aliphatic carbocycles. The van der Waals surface area contributed by atoms with E-state index in [-0.39, 0.29) is 11.9 Å². The molecule has 0 saturated carbocycles. The number of carbonyl (C=O) groups is 1. The van der Waals surface area contributed by atoms with Crippen LogP contribution in [0.1, 0.15) is 22.7 Å². The molecular weight excluding hydrogens is 420 g/mol. The Morgan fingerprint density at radius 2 is 1.59 bits per heavy atom. The molecule has 2 N–H and O–H groups in total. The highest BCUT2D eigenvalue weighted by Crippen LogP contribution is 2.31. The maximum atomic E-state index is 13.5. The number of hydrogen-bond acceptors (Lipinski definition) is 4. The lowest BCUT2D eigenvalue weighted by Crippen LogP contribution is -2.62. The first-order chi connectivity index (χ1) is 16.7. The number of nitrogens with two attached hydrogens (primary N) is 1. The van der Waals surface area contributed by atoms with Gasteiger partial charge in [0, 0.05) is 38.1 Å². The van der Waals surface area contributed by atoms with E-state index in [4.69, 9.17) is 5.73 Å². The quantitative estimate of drug-likeness (QED) is 0.318. The molecule has 0 spiro atoms. The van der Waals surface area contributed by atoms with E-state index in [0.717, 1.165) is 31.7 Å². The monoisotopic (exact) mass is 453 g/mol. The summed E-state index contributed by atoms with van der Waals surface area (Å²) in [7, 11) is 0. The van der Waals surface area contributed by atoms with Crippen molar-refractivity contribution in [3.8, 4) is 0 Å². The van der Waals surface area contributed by atoms with Gasteiger partial charge in [-0.2, -0.15) is 0 Å². The van der Waals surface area contributed by atoms with E-state index in [1.54, 1.807) is 18.5 Å². The van der Waals surface area contributed by atoms with E-state index >= 15 is 0 Å². The molecule has 2 heterocycles. The summed E-state index contributed by atoms with van der Waals surface area (Å²) in [6.45, 7) is 4.30. The van der Waals surface area contributed by atoms with E-state index in [0.29, 0.717) is 17.6 Å².